The van der Waals surface area contributed by atoms with E-state index in [0.29, 0.717) is 32.2 Å². The van der Waals surface area contributed by atoms with Crippen LogP contribution in [-0.4, -0.2) is 131 Å². The summed E-state index contributed by atoms with van der Waals surface area (Å²) in [6.07, 6.45) is 23.8. The number of ether oxygens (including phenoxy) is 7. The summed E-state index contributed by atoms with van der Waals surface area (Å²) in [5, 5.41) is 0. The minimum absolute atomic E-state index is 0.0222. The van der Waals surface area contributed by atoms with Gasteiger partial charge in [0.15, 0.2) is 0 Å². The third-order valence-corrected chi connectivity index (χ3v) is 12.9. The number of nitrogens with zero attached hydrogens (tertiary/aromatic N) is 2. The van der Waals surface area contributed by atoms with Crippen LogP contribution in [0.15, 0.2) is 0 Å². The topological polar surface area (TPSA) is 191 Å². The largest absolute Gasteiger partial charge is 0.465 e. The summed E-state index contributed by atoms with van der Waals surface area (Å²) in [5.41, 5.74) is 0. The second-order valence-electron chi connectivity index (χ2n) is 20.2. The lowest BCUT2D eigenvalue weighted by Crippen LogP contribution is -2.40. The van der Waals surface area contributed by atoms with E-state index in [2.05, 4.69) is 27.7 Å². The Morgan fingerprint density at radius 3 is 1.15 bits per heavy atom. The predicted octanol–water partition coefficient (Wildman–Crippen LogP) is 11.4. The molecular formula is C56H100N2O14. The number of amides is 1. The number of hydrogen-bond acceptors (Lipinski definition) is 15. The minimum Gasteiger partial charge on any atom is -0.465 e. The van der Waals surface area contributed by atoms with E-state index in [0.717, 1.165) is 128 Å². The molecule has 1 saturated heterocycles. The molecule has 0 unspecified atom stereocenters. The van der Waals surface area contributed by atoms with Gasteiger partial charge in [0, 0.05) is 50.5 Å². The fourth-order valence-electron chi connectivity index (χ4n) is 8.36. The van der Waals surface area contributed by atoms with Gasteiger partial charge < -0.3 is 38.1 Å². The van der Waals surface area contributed by atoms with Crippen molar-refractivity contribution in [2.45, 2.75) is 239 Å². The van der Waals surface area contributed by atoms with Crippen LogP contribution in [0.5, 0.6) is 0 Å². The Kier molecular flexibility index (Phi) is 40.9. The van der Waals surface area contributed by atoms with Crippen molar-refractivity contribution < 1.29 is 66.7 Å². The quantitative estimate of drug-likeness (QED) is 0.0318. The lowest BCUT2D eigenvalue weighted by Gasteiger charge is -2.24. The molecule has 1 aliphatic heterocycles. The average Bonchev–Trinajstić information content (AvgIpc) is 3.76. The monoisotopic (exact) mass is 1020 g/mol. The zero-order valence-electron chi connectivity index (χ0n) is 46.0. The Morgan fingerprint density at radius 1 is 0.444 bits per heavy atom. The van der Waals surface area contributed by atoms with Gasteiger partial charge in [-0.2, -0.15) is 0 Å². The maximum Gasteiger partial charge on any atom is 0.410 e. The molecule has 72 heavy (non-hydrogen) atoms. The molecule has 0 radical (unpaired) electrons. The molecule has 16 nitrogen and oxygen atoms in total. The molecule has 0 N–H and O–H groups in total. The maximum atomic E-state index is 13.6. The molecule has 1 rings (SSSR count). The molecule has 2 atom stereocenters. The number of likely N-dealkylation sites (N-methyl/N-ethyl adjacent to an activating group) is 1. The summed E-state index contributed by atoms with van der Waals surface area (Å²) in [5.74, 6) is -4.07. The van der Waals surface area contributed by atoms with E-state index in [-0.39, 0.29) is 115 Å². The Bertz CT molecular complexity index is 1400. The minimum atomic E-state index is -0.779. The molecule has 1 fully saturated rings. The molecule has 418 valence electrons. The molecule has 0 aromatic heterocycles. The first-order valence-electron chi connectivity index (χ1n) is 28.4. The summed E-state index contributed by atoms with van der Waals surface area (Å²) < 4.78 is 39.5. The normalized spacial score (nSPS) is 14.4. The number of hydrogen-bond donors (Lipinski definition) is 0. The molecule has 1 amide bonds. The van der Waals surface area contributed by atoms with Crippen LogP contribution in [0.1, 0.15) is 227 Å². The third-order valence-electron chi connectivity index (χ3n) is 12.9. The molecule has 1 heterocycles. The van der Waals surface area contributed by atoms with Crippen LogP contribution < -0.4 is 0 Å². The SMILES string of the molecule is CCCCCCCCC(=O)OCC(COC(=O)CCCCCCCC)CC(=O)OC[C@H]1C[C@@H](OC(=O)CC(COC(=O)CCCCCCCC)COC(=O)CCCCCCCC)CN1C(=O)OCCN(C)C. The van der Waals surface area contributed by atoms with Gasteiger partial charge >= 0.3 is 41.9 Å². The Morgan fingerprint density at radius 2 is 0.792 bits per heavy atom. The van der Waals surface area contributed by atoms with Gasteiger partial charge in [-0.3, -0.25) is 33.7 Å². The zero-order valence-corrected chi connectivity index (χ0v) is 46.0. The summed E-state index contributed by atoms with van der Waals surface area (Å²) in [6, 6.07) is -0.705. The van der Waals surface area contributed by atoms with Crippen molar-refractivity contribution in [1.29, 1.82) is 0 Å². The van der Waals surface area contributed by atoms with Crippen LogP contribution in [0.2, 0.25) is 0 Å². The summed E-state index contributed by atoms with van der Waals surface area (Å²) >= 11 is 0. The van der Waals surface area contributed by atoms with Gasteiger partial charge in [0.05, 0.1) is 51.9 Å². The Hall–Kier alpha value is -3.95. The predicted molar refractivity (Wildman–Crippen MR) is 278 cm³/mol. The first-order valence-corrected chi connectivity index (χ1v) is 28.4. The van der Waals surface area contributed by atoms with E-state index in [9.17, 15) is 33.6 Å². The average molecular weight is 1030 g/mol. The fourth-order valence-corrected chi connectivity index (χ4v) is 8.36. The van der Waals surface area contributed by atoms with Gasteiger partial charge in [-0.1, -0.05) is 156 Å². The van der Waals surface area contributed by atoms with E-state index in [1.165, 1.54) is 4.90 Å². The Labute approximate surface area is 434 Å². The first-order chi connectivity index (χ1) is 34.8. The molecule has 0 aromatic rings. The lowest BCUT2D eigenvalue weighted by molar-refractivity contribution is -0.157. The van der Waals surface area contributed by atoms with Crippen LogP contribution in [0.3, 0.4) is 0 Å². The van der Waals surface area contributed by atoms with Gasteiger partial charge in [0.2, 0.25) is 0 Å². The van der Waals surface area contributed by atoms with Crippen LogP contribution in [0.25, 0.3) is 0 Å². The molecule has 0 spiro atoms. The van der Waals surface area contributed by atoms with E-state index in [1.54, 1.807) is 0 Å². The summed E-state index contributed by atoms with van der Waals surface area (Å²) in [7, 11) is 3.70. The number of rotatable bonds is 46. The molecule has 0 aromatic carbocycles. The second kappa shape index (κ2) is 44.5. The lowest BCUT2D eigenvalue weighted by atomic mass is 10.1. The second-order valence-corrected chi connectivity index (χ2v) is 20.2. The van der Waals surface area contributed by atoms with E-state index in [4.69, 9.17) is 33.2 Å². The van der Waals surface area contributed by atoms with Crippen molar-refractivity contribution in [3.05, 3.63) is 0 Å². The number of likely N-dealkylation sites (tertiary alicyclic amines) is 1. The van der Waals surface area contributed by atoms with Crippen LogP contribution >= 0.6 is 0 Å². The van der Waals surface area contributed by atoms with Crippen LogP contribution in [-0.2, 0) is 61.9 Å². The summed E-state index contributed by atoms with van der Waals surface area (Å²) in [6.45, 7) is 8.42. The van der Waals surface area contributed by atoms with Crippen molar-refractivity contribution in [3.63, 3.8) is 0 Å². The molecular weight excluding hydrogens is 925 g/mol. The molecule has 1 aliphatic rings. The Balaban J connectivity index is 3.01. The molecule has 0 bridgehead atoms. The van der Waals surface area contributed by atoms with Gasteiger partial charge in [-0.15, -0.1) is 0 Å². The highest BCUT2D eigenvalue weighted by molar-refractivity contribution is 5.73. The fraction of sp³-hybridized carbons (Fsp3) is 0.875. The van der Waals surface area contributed by atoms with E-state index in [1.807, 2.05) is 19.0 Å². The van der Waals surface area contributed by atoms with Crippen molar-refractivity contribution >= 4 is 41.9 Å². The van der Waals surface area contributed by atoms with Gasteiger partial charge in [0.1, 0.15) is 19.3 Å². The van der Waals surface area contributed by atoms with Gasteiger partial charge in [-0.25, -0.2) is 4.79 Å². The van der Waals surface area contributed by atoms with Crippen LogP contribution in [0.4, 0.5) is 4.79 Å². The smallest absolute Gasteiger partial charge is 0.410 e. The highest BCUT2D eigenvalue weighted by Crippen LogP contribution is 2.24. The van der Waals surface area contributed by atoms with Crippen molar-refractivity contribution in [3.8, 4) is 0 Å². The van der Waals surface area contributed by atoms with Crippen molar-refractivity contribution in [2.75, 3.05) is 66.8 Å². The van der Waals surface area contributed by atoms with Gasteiger partial charge in [-0.05, 0) is 39.8 Å². The zero-order chi connectivity index (χ0) is 53.0. The number of unbranched alkanes of at least 4 members (excludes halogenated alkanes) is 20. The number of carbonyl (C=O) groups is 7. The molecule has 16 heteroatoms. The first kappa shape index (κ1) is 66.1. The standard InChI is InChI=1S/C56H100N2O14/c1-7-11-15-19-23-27-31-50(59)67-41-46(42-68-51(60)32-28-24-20-16-12-8-2)37-54(63)71-45-48-39-49(40-58(48)56(65)66-36-35-57(5)6)72-55(64)38-47(43-69-52(61)33-29-25-21-17-13-9-3)44-70-53(62)34-30-26-22-18-14-10-4/h46-49H,7-45H2,1-6H3/t48-,49-/m1/s1. The van der Waals surface area contributed by atoms with Crippen molar-refractivity contribution in [2.24, 2.45) is 11.8 Å². The molecule has 0 aliphatic carbocycles. The highest BCUT2D eigenvalue weighted by atomic mass is 16.6. The third kappa shape index (κ3) is 36.9. The van der Waals surface area contributed by atoms with E-state index < -0.39 is 42.0 Å². The number of esters is 6. The highest BCUT2D eigenvalue weighted by Gasteiger charge is 2.39. The van der Waals surface area contributed by atoms with E-state index >= 15 is 0 Å². The molecule has 0 saturated carbocycles. The van der Waals surface area contributed by atoms with Gasteiger partial charge in [0.25, 0.3) is 0 Å². The van der Waals surface area contributed by atoms with Crippen LogP contribution in [0, 0.1) is 11.8 Å². The number of carbonyl (C=O) groups excluding carboxylic acids is 7. The maximum absolute atomic E-state index is 13.6. The summed E-state index contributed by atoms with van der Waals surface area (Å²) in [4.78, 5) is 94.4. The van der Waals surface area contributed by atoms with Crippen molar-refractivity contribution in [1.82, 2.24) is 9.80 Å².